The third kappa shape index (κ3) is 5.66. The first-order valence-corrected chi connectivity index (χ1v) is 7.88. The van der Waals surface area contributed by atoms with Crippen LogP contribution in [0.5, 0.6) is 5.75 Å². The number of rotatable bonds is 7. The van der Waals surface area contributed by atoms with E-state index in [2.05, 4.69) is 29.7 Å². The van der Waals surface area contributed by atoms with Crippen LogP contribution in [0.2, 0.25) is 0 Å². The van der Waals surface area contributed by atoms with Crippen molar-refractivity contribution in [2.24, 2.45) is 0 Å². The van der Waals surface area contributed by atoms with E-state index >= 15 is 0 Å². The second-order valence-corrected chi connectivity index (χ2v) is 5.46. The molecule has 0 aliphatic carbocycles. The molecule has 0 aliphatic rings. The second kappa shape index (κ2) is 8.83. The van der Waals surface area contributed by atoms with Gasteiger partial charge in [0, 0.05) is 13.1 Å². The van der Waals surface area contributed by atoms with Crippen molar-refractivity contribution in [3.05, 3.63) is 65.2 Å². The van der Waals surface area contributed by atoms with Crippen LogP contribution in [-0.2, 0) is 12.8 Å². The Morgan fingerprint density at radius 3 is 2.26 bits per heavy atom. The van der Waals surface area contributed by atoms with Crippen LogP contribution in [0.4, 0.5) is 4.79 Å². The van der Waals surface area contributed by atoms with Gasteiger partial charge in [-0.2, -0.15) is 0 Å². The first-order valence-electron chi connectivity index (χ1n) is 7.88. The summed E-state index contributed by atoms with van der Waals surface area (Å²) in [6, 6.07) is 16.0. The standard InChI is InChI=1S/C19H24N2O2/c1-15-5-3-4-6-17(15)12-14-21-19(22)20-13-11-16-7-9-18(23-2)10-8-16/h3-10H,11-14H2,1-2H3,(H2,20,21,22). The molecule has 2 aromatic rings. The predicted octanol–water partition coefficient (Wildman–Crippen LogP) is 3.09. The molecule has 0 atom stereocenters. The van der Waals surface area contributed by atoms with Gasteiger partial charge in [0.25, 0.3) is 0 Å². The number of carbonyl (C=O) groups excluding carboxylic acids is 1. The van der Waals surface area contributed by atoms with Gasteiger partial charge in [0.1, 0.15) is 5.75 Å². The summed E-state index contributed by atoms with van der Waals surface area (Å²) in [5.41, 5.74) is 3.70. The summed E-state index contributed by atoms with van der Waals surface area (Å²) >= 11 is 0. The minimum atomic E-state index is -0.118. The van der Waals surface area contributed by atoms with Crippen LogP contribution in [0.25, 0.3) is 0 Å². The first-order chi connectivity index (χ1) is 11.2. The molecular formula is C19H24N2O2. The molecule has 0 spiro atoms. The average molecular weight is 312 g/mol. The van der Waals surface area contributed by atoms with Crippen molar-refractivity contribution in [1.29, 1.82) is 0 Å². The minimum absolute atomic E-state index is 0.118. The second-order valence-electron chi connectivity index (χ2n) is 5.46. The highest BCUT2D eigenvalue weighted by Gasteiger charge is 2.01. The van der Waals surface area contributed by atoms with Gasteiger partial charge < -0.3 is 15.4 Å². The van der Waals surface area contributed by atoms with Crippen molar-refractivity contribution >= 4 is 6.03 Å². The van der Waals surface area contributed by atoms with Crippen molar-refractivity contribution in [3.63, 3.8) is 0 Å². The summed E-state index contributed by atoms with van der Waals surface area (Å²) in [5.74, 6) is 0.843. The monoisotopic (exact) mass is 312 g/mol. The molecule has 23 heavy (non-hydrogen) atoms. The zero-order chi connectivity index (χ0) is 16.5. The zero-order valence-corrected chi connectivity index (χ0v) is 13.8. The summed E-state index contributed by atoms with van der Waals surface area (Å²) in [4.78, 5) is 11.8. The van der Waals surface area contributed by atoms with Gasteiger partial charge in [-0.25, -0.2) is 4.79 Å². The Labute approximate surface area is 137 Å². The largest absolute Gasteiger partial charge is 0.497 e. The number of aryl methyl sites for hydroxylation is 1. The highest BCUT2D eigenvalue weighted by molar-refractivity contribution is 5.73. The predicted molar refractivity (Wildman–Crippen MR) is 93.0 cm³/mol. The zero-order valence-electron chi connectivity index (χ0n) is 13.8. The molecule has 0 aliphatic heterocycles. The number of carbonyl (C=O) groups is 1. The Balaban J connectivity index is 1.64. The van der Waals surface area contributed by atoms with Crippen molar-refractivity contribution in [1.82, 2.24) is 10.6 Å². The first kappa shape index (κ1) is 16.9. The van der Waals surface area contributed by atoms with E-state index in [0.717, 1.165) is 18.6 Å². The maximum atomic E-state index is 11.8. The number of hydrogen-bond donors (Lipinski definition) is 2. The Bertz CT molecular complexity index is 624. The van der Waals surface area contributed by atoms with Crippen LogP contribution < -0.4 is 15.4 Å². The smallest absolute Gasteiger partial charge is 0.314 e. The lowest BCUT2D eigenvalue weighted by Crippen LogP contribution is -2.37. The fourth-order valence-electron chi connectivity index (χ4n) is 2.38. The molecular weight excluding hydrogens is 288 g/mol. The van der Waals surface area contributed by atoms with Gasteiger partial charge in [0.05, 0.1) is 7.11 Å². The molecule has 0 saturated heterocycles. The van der Waals surface area contributed by atoms with Crippen molar-refractivity contribution in [2.45, 2.75) is 19.8 Å². The van der Waals surface area contributed by atoms with Gasteiger partial charge in [-0.3, -0.25) is 0 Å². The summed E-state index contributed by atoms with van der Waals surface area (Å²) in [7, 11) is 1.65. The number of nitrogens with one attached hydrogen (secondary N) is 2. The Kier molecular flexibility index (Phi) is 6.48. The summed E-state index contributed by atoms with van der Waals surface area (Å²) in [6.45, 7) is 3.34. The molecule has 4 heteroatoms. The van der Waals surface area contributed by atoms with E-state index < -0.39 is 0 Å². The normalized spacial score (nSPS) is 10.2. The topological polar surface area (TPSA) is 50.4 Å². The SMILES string of the molecule is COc1ccc(CCNC(=O)NCCc2ccccc2C)cc1. The number of methoxy groups -OCH3 is 1. The highest BCUT2D eigenvalue weighted by Crippen LogP contribution is 2.11. The summed E-state index contributed by atoms with van der Waals surface area (Å²) < 4.78 is 5.12. The molecule has 0 saturated carbocycles. The fraction of sp³-hybridized carbons (Fsp3) is 0.316. The number of benzene rings is 2. The Morgan fingerprint density at radius 2 is 1.61 bits per heavy atom. The maximum Gasteiger partial charge on any atom is 0.314 e. The molecule has 122 valence electrons. The minimum Gasteiger partial charge on any atom is -0.497 e. The quantitative estimate of drug-likeness (QED) is 0.825. The Morgan fingerprint density at radius 1 is 0.957 bits per heavy atom. The van der Waals surface area contributed by atoms with Crippen molar-refractivity contribution in [3.8, 4) is 5.75 Å². The molecule has 2 aromatic carbocycles. The molecule has 2 rings (SSSR count). The van der Waals surface area contributed by atoms with E-state index in [1.165, 1.54) is 16.7 Å². The number of urea groups is 1. The molecule has 2 N–H and O–H groups in total. The molecule has 0 bridgehead atoms. The van der Waals surface area contributed by atoms with Gasteiger partial charge in [-0.15, -0.1) is 0 Å². The van der Waals surface area contributed by atoms with Crippen LogP contribution in [0.3, 0.4) is 0 Å². The molecule has 0 heterocycles. The van der Waals surface area contributed by atoms with Gasteiger partial charge in [-0.05, 0) is 48.6 Å². The van der Waals surface area contributed by atoms with E-state index in [0.29, 0.717) is 13.1 Å². The van der Waals surface area contributed by atoms with E-state index in [9.17, 15) is 4.79 Å². The van der Waals surface area contributed by atoms with E-state index in [1.54, 1.807) is 7.11 Å². The number of hydrogen-bond acceptors (Lipinski definition) is 2. The van der Waals surface area contributed by atoms with Gasteiger partial charge in [0.2, 0.25) is 0 Å². The molecule has 0 aromatic heterocycles. The number of amides is 2. The van der Waals surface area contributed by atoms with Crippen LogP contribution in [0, 0.1) is 6.92 Å². The summed E-state index contributed by atoms with van der Waals surface area (Å²) in [5, 5.41) is 5.77. The van der Waals surface area contributed by atoms with Gasteiger partial charge in [-0.1, -0.05) is 36.4 Å². The van der Waals surface area contributed by atoms with Crippen LogP contribution >= 0.6 is 0 Å². The van der Waals surface area contributed by atoms with Crippen LogP contribution in [0.15, 0.2) is 48.5 Å². The highest BCUT2D eigenvalue weighted by atomic mass is 16.5. The van der Waals surface area contributed by atoms with E-state index in [-0.39, 0.29) is 6.03 Å². The molecule has 0 fully saturated rings. The van der Waals surface area contributed by atoms with Crippen molar-refractivity contribution in [2.75, 3.05) is 20.2 Å². The molecule has 0 radical (unpaired) electrons. The lowest BCUT2D eigenvalue weighted by Gasteiger charge is -2.09. The van der Waals surface area contributed by atoms with Gasteiger partial charge >= 0.3 is 6.03 Å². The Hall–Kier alpha value is -2.49. The van der Waals surface area contributed by atoms with Crippen LogP contribution in [-0.4, -0.2) is 26.2 Å². The van der Waals surface area contributed by atoms with Gasteiger partial charge in [0.15, 0.2) is 0 Å². The lowest BCUT2D eigenvalue weighted by atomic mass is 10.1. The lowest BCUT2D eigenvalue weighted by molar-refractivity contribution is 0.241. The fourth-order valence-corrected chi connectivity index (χ4v) is 2.38. The van der Waals surface area contributed by atoms with Crippen molar-refractivity contribution < 1.29 is 9.53 Å². The van der Waals surface area contributed by atoms with E-state index in [4.69, 9.17) is 4.74 Å². The molecule has 2 amide bonds. The number of ether oxygens (including phenoxy) is 1. The maximum absolute atomic E-state index is 11.8. The summed E-state index contributed by atoms with van der Waals surface area (Å²) in [6.07, 6.45) is 1.65. The third-order valence-corrected chi connectivity index (χ3v) is 3.80. The van der Waals surface area contributed by atoms with E-state index in [1.807, 2.05) is 36.4 Å². The average Bonchev–Trinajstić information content (AvgIpc) is 2.57. The molecule has 4 nitrogen and oxygen atoms in total. The third-order valence-electron chi connectivity index (χ3n) is 3.80. The molecule has 0 unspecified atom stereocenters. The van der Waals surface area contributed by atoms with Crippen LogP contribution in [0.1, 0.15) is 16.7 Å².